The molecule has 0 unspecified atom stereocenters. The molecule has 1 heterocycles. The summed E-state index contributed by atoms with van der Waals surface area (Å²) in [6.07, 6.45) is 2.77. The van der Waals surface area contributed by atoms with E-state index < -0.39 is 0 Å². The zero-order chi connectivity index (χ0) is 15.5. The van der Waals surface area contributed by atoms with Gasteiger partial charge in [0.2, 0.25) is 0 Å². The Labute approximate surface area is 132 Å². The van der Waals surface area contributed by atoms with Crippen LogP contribution in [0.15, 0.2) is 18.2 Å². The highest BCUT2D eigenvalue weighted by molar-refractivity contribution is 6.33. The van der Waals surface area contributed by atoms with Crippen molar-refractivity contribution in [1.29, 1.82) is 0 Å². The lowest BCUT2D eigenvalue weighted by molar-refractivity contribution is 0.0674. The number of anilines is 1. The summed E-state index contributed by atoms with van der Waals surface area (Å²) in [6, 6.07) is 5.59. The van der Waals surface area contributed by atoms with Gasteiger partial charge in [-0.15, -0.1) is 0 Å². The van der Waals surface area contributed by atoms with Crippen LogP contribution in [0.4, 0.5) is 5.69 Å². The molecule has 0 bridgehead atoms. The largest absolute Gasteiger partial charge is 0.387 e. The van der Waals surface area contributed by atoms with Gasteiger partial charge in [0.15, 0.2) is 5.78 Å². The molecule has 3 nitrogen and oxygen atoms in total. The van der Waals surface area contributed by atoms with Gasteiger partial charge < -0.3 is 10.6 Å². The Morgan fingerprint density at radius 1 is 1.38 bits per heavy atom. The molecule has 0 atom stereocenters. The molecule has 0 spiro atoms. The third-order valence-electron chi connectivity index (χ3n) is 4.34. The van der Waals surface area contributed by atoms with Gasteiger partial charge >= 0.3 is 0 Å². The molecule has 0 radical (unpaired) electrons. The summed E-state index contributed by atoms with van der Waals surface area (Å²) in [4.78, 5) is 13.1. The summed E-state index contributed by atoms with van der Waals surface area (Å²) in [5.41, 5.74) is 1.36. The smallest absolute Gasteiger partial charge is 0.169 e. The fourth-order valence-corrected chi connectivity index (χ4v) is 3.65. The van der Waals surface area contributed by atoms with Gasteiger partial charge in [0, 0.05) is 18.0 Å². The Morgan fingerprint density at radius 2 is 2.05 bits per heavy atom. The second kappa shape index (κ2) is 6.80. The van der Waals surface area contributed by atoms with Crippen molar-refractivity contribution in [2.24, 2.45) is 11.3 Å². The van der Waals surface area contributed by atoms with Crippen molar-refractivity contribution in [2.75, 3.05) is 25.5 Å². The van der Waals surface area contributed by atoms with Crippen LogP contribution in [0.3, 0.4) is 0 Å². The fraction of sp³-hybridized carbons (Fsp3) is 0.588. The molecule has 0 aliphatic carbocycles. The van der Waals surface area contributed by atoms with E-state index in [0.29, 0.717) is 10.9 Å². The molecule has 0 saturated carbocycles. The zero-order valence-corrected chi connectivity index (χ0v) is 13.9. The van der Waals surface area contributed by atoms with Gasteiger partial charge in [-0.1, -0.05) is 25.4 Å². The second-order valence-electron chi connectivity index (χ2n) is 6.40. The average Bonchev–Trinajstić information content (AvgIpc) is 2.46. The zero-order valence-electron chi connectivity index (χ0n) is 13.1. The summed E-state index contributed by atoms with van der Waals surface area (Å²) < 4.78 is 0. The second-order valence-corrected chi connectivity index (χ2v) is 6.81. The van der Waals surface area contributed by atoms with E-state index in [1.165, 1.54) is 0 Å². The van der Waals surface area contributed by atoms with E-state index in [9.17, 15) is 4.79 Å². The van der Waals surface area contributed by atoms with E-state index in [4.69, 9.17) is 11.6 Å². The fourth-order valence-electron chi connectivity index (χ4n) is 3.38. The van der Waals surface area contributed by atoms with Crippen LogP contribution in [0, 0.1) is 11.3 Å². The van der Waals surface area contributed by atoms with Crippen LogP contribution in [-0.2, 0) is 0 Å². The maximum atomic E-state index is 13.1. The lowest BCUT2D eigenvalue weighted by Crippen LogP contribution is -2.43. The maximum absolute atomic E-state index is 13.1. The monoisotopic (exact) mass is 308 g/mol. The Balaban J connectivity index is 2.31. The van der Waals surface area contributed by atoms with Gasteiger partial charge in [-0.2, -0.15) is 0 Å². The first-order valence-corrected chi connectivity index (χ1v) is 8.09. The first kappa shape index (κ1) is 16.3. The normalized spacial score (nSPS) is 17.8. The van der Waals surface area contributed by atoms with Crippen LogP contribution in [-0.4, -0.2) is 25.9 Å². The molecular weight excluding hydrogens is 284 g/mol. The molecule has 116 valence electrons. The lowest BCUT2D eigenvalue weighted by Gasteiger charge is -2.37. The van der Waals surface area contributed by atoms with E-state index in [2.05, 4.69) is 24.5 Å². The number of carbonyl (C=O) groups excluding carboxylic acids is 1. The third kappa shape index (κ3) is 3.58. The van der Waals surface area contributed by atoms with Crippen molar-refractivity contribution in [3.05, 3.63) is 28.8 Å². The quantitative estimate of drug-likeness (QED) is 0.808. The average molecular weight is 309 g/mol. The van der Waals surface area contributed by atoms with Gasteiger partial charge in [0.25, 0.3) is 0 Å². The predicted octanol–water partition coefficient (Wildman–Crippen LogP) is 3.98. The van der Waals surface area contributed by atoms with Gasteiger partial charge in [-0.3, -0.25) is 4.79 Å². The molecule has 21 heavy (non-hydrogen) atoms. The minimum Gasteiger partial charge on any atom is -0.387 e. The Kier molecular flexibility index (Phi) is 5.28. The number of Topliss-reactive ketones (excluding diaryl/α,β-unsaturated/α-hetero) is 1. The van der Waals surface area contributed by atoms with Crippen LogP contribution >= 0.6 is 11.6 Å². The number of ketones is 1. The molecule has 2 N–H and O–H groups in total. The number of hydrogen-bond acceptors (Lipinski definition) is 3. The molecule has 0 aromatic heterocycles. The van der Waals surface area contributed by atoms with Crippen LogP contribution in [0.25, 0.3) is 0 Å². The highest BCUT2D eigenvalue weighted by Crippen LogP contribution is 2.39. The van der Waals surface area contributed by atoms with Crippen molar-refractivity contribution >= 4 is 23.1 Å². The molecule has 2 rings (SSSR count). The van der Waals surface area contributed by atoms with Crippen molar-refractivity contribution in [1.82, 2.24) is 5.32 Å². The van der Waals surface area contributed by atoms with Crippen LogP contribution in [0.1, 0.15) is 43.5 Å². The van der Waals surface area contributed by atoms with Gasteiger partial charge in [-0.05, 0) is 56.5 Å². The molecule has 1 aromatic carbocycles. The molecule has 1 aliphatic rings. The number of rotatable bonds is 5. The summed E-state index contributed by atoms with van der Waals surface area (Å²) in [5.74, 6) is 0.765. The first-order valence-electron chi connectivity index (χ1n) is 7.71. The summed E-state index contributed by atoms with van der Waals surface area (Å²) >= 11 is 6.24. The van der Waals surface area contributed by atoms with Gasteiger partial charge in [0.05, 0.1) is 10.7 Å². The van der Waals surface area contributed by atoms with Crippen molar-refractivity contribution in [3.63, 3.8) is 0 Å². The van der Waals surface area contributed by atoms with E-state index in [-0.39, 0.29) is 11.2 Å². The highest BCUT2D eigenvalue weighted by Gasteiger charge is 2.40. The van der Waals surface area contributed by atoms with Crippen LogP contribution < -0.4 is 10.6 Å². The Morgan fingerprint density at radius 3 is 2.57 bits per heavy atom. The minimum absolute atomic E-state index is 0.232. The van der Waals surface area contributed by atoms with E-state index >= 15 is 0 Å². The van der Waals surface area contributed by atoms with E-state index in [0.717, 1.165) is 43.6 Å². The van der Waals surface area contributed by atoms with E-state index in [1.807, 2.05) is 19.2 Å². The number of benzene rings is 1. The number of piperidine rings is 1. The molecule has 1 aromatic rings. The number of halogens is 1. The topological polar surface area (TPSA) is 41.1 Å². The SMILES string of the molecule is CNc1ccc(C(=O)C2(CC(C)C)CCNCC2)cc1Cl. The standard InChI is InChI=1S/C17H25ClN2O/c1-12(2)11-17(6-8-20-9-7-17)16(21)13-4-5-15(19-3)14(18)10-13/h4-5,10,12,19-20H,6-9,11H2,1-3H3. The molecular formula is C17H25ClN2O. The molecule has 0 amide bonds. The maximum Gasteiger partial charge on any atom is 0.169 e. The number of nitrogens with one attached hydrogen (secondary N) is 2. The molecule has 4 heteroatoms. The lowest BCUT2D eigenvalue weighted by atomic mass is 9.68. The Bertz CT molecular complexity index is 508. The summed E-state index contributed by atoms with van der Waals surface area (Å²) in [5, 5.41) is 7.00. The van der Waals surface area contributed by atoms with Crippen LogP contribution in [0.2, 0.25) is 5.02 Å². The minimum atomic E-state index is -0.232. The number of hydrogen-bond donors (Lipinski definition) is 2. The van der Waals surface area contributed by atoms with Crippen molar-refractivity contribution < 1.29 is 4.79 Å². The first-order chi connectivity index (χ1) is 9.98. The van der Waals surface area contributed by atoms with Crippen molar-refractivity contribution in [2.45, 2.75) is 33.1 Å². The molecule has 1 saturated heterocycles. The molecule has 1 aliphatic heterocycles. The summed E-state index contributed by atoms with van der Waals surface area (Å²) in [6.45, 7) is 6.21. The third-order valence-corrected chi connectivity index (χ3v) is 4.65. The van der Waals surface area contributed by atoms with Gasteiger partial charge in [-0.25, -0.2) is 0 Å². The van der Waals surface area contributed by atoms with Crippen molar-refractivity contribution in [3.8, 4) is 0 Å². The molecule has 1 fully saturated rings. The van der Waals surface area contributed by atoms with E-state index in [1.54, 1.807) is 6.07 Å². The summed E-state index contributed by atoms with van der Waals surface area (Å²) in [7, 11) is 1.83. The highest BCUT2D eigenvalue weighted by atomic mass is 35.5. The number of carbonyl (C=O) groups is 1. The van der Waals surface area contributed by atoms with Crippen LogP contribution in [0.5, 0.6) is 0 Å². The predicted molar refractivity (Wildman–Crippen MR) is 89.3 cm³/mol. The van der Waals surface area contributed by atoms with Gasteiger partial charge in [0.1, 0.15) is 0 Å². The Hall–Kier alpha value is -1.06.